The molecule has 2 fully saturated rings. The molecule has 3 heterocycles. The van der Waals surface area contributed by atoms with Crippen molar-refractivity contribution in [1.82, 2.24) is 9.88 Å². The van der Waals surface area contributed by atoms with Crippen LogP contribution < -0.4 is 9.47 Å². The Labute approximate surface area is 178 Å². The third-order valence-electron chi connectivity index (χ3n) is 6.00. The van der Waals surface area contributed by atoms with Crippen molar-refractivity contribution < 1.29 is 19.0 Å². The molecule has 2 aliphatic heterocycles. The summed E-state index contributed by atoms with van der Waals surface area (Å²) in [6, 6.07) is 11.4. The fraction of sp³-hybridized carbons (Fsp3) is 0.500. The summed E-state index contributed by atoms with van der Waals surface area (Å²) in [6.07, 6.45) is 5.20. The molecule has 1 aromatic carbocycles. The van der Waals surface area contributed by atoms with Crippen LogP contribution in [0.25, 0.3) is 0 Å². The highest BCUT2D eigenvalue weighted by atomic mass is 16.5. The quantitative estimate of drug-likeness (QED) is 0.745. The summed E-state index contributed by atoms with van der Waals surface area (Å²) in [7, 11) is 0. The molecule has 2 aliphatic rings. The Morgan fingerprint density at radius 3 is 2.83 bits per heavy atom. The lowest BCUT2D eigenvalue weighted by Crippen LogP contribution is -2.52. The predicted molar refractivity (Wildman–Crippen MR) is 114 cm³/mol. The maximum absolute atomic E-state index is 13.1. The van der Waals surface area contributed by atoms with E-state index in [0.29, 0.717) is 43.5 Å². The Morgan fingerprint density at radius 1 is 1.27 bits per heavy atom. The molecule has 0 radical (unpaired) electrons. The number of piperidine rings is 1. The van der Waals surface area contributed by atoms with Gasteiger partial charge in [-0.2, -0.15) is 0 Å². The lowest BCUT2D eigenvalue weighted by molar-refractivity contribution is -0.135. The minimum absolute atomic E-state index is 0.0291. The Bertz CT molecular complexity index is 877. The van der Waals surface area contributed by atoms with Crippen molar-refractivity contribution in [3.63, 3.8) is 0 Å². The fourth-order valence-corrected chi connectivity index (χ4v) is 4.39. The van der Waals surface area contributed by atoms with Gasteiger partial charge in [0.1, 0.15) is 11.9 Å². The van der Waals surface area contributed by atoms with Gasteiger partial charge in [0.15, 0.2) is 0 Å². The highest BCUT2D eigenvalue weighted by molar-refractivity contribution is 5.97. The van der Waals surface area contributed by atoms with Gasteiger partial charge < -0.3 is 19.1 Å². The number of nitrogens with zero attached hydrogens (tertiary/aromatic N) is 2. The smallest absolute Gasteiger partial charge is 0.257 e. The van der Waals surface area contributed by atoms with Gasteiger partial charge >= 0.3 is 0 Å². The van der Waals surface area contributed by atoms with Gasteiger partial charge in [0, 0.05) is 38.2 Å². The molecular weight excluding hydrogens is 380 g/mol. The average molecular weight is 411 g/mol. The van der Waals surface area contributed by atoms with Crippen molar-refractivity contribution in [3.05, 3.63) is 53.7 Å². The van der Waals surface area contributed by atoms with Crippen LogP contribution in [0.1, 0.15) is 48.5 Å². The summed E-state index contributed by atoms with van der Waals surface area (Å²) in [5.74, 6) is 1.36. The van der Waals surface area contributed by atoms with E-state index in [1.165, 1.54) is 0 Å². The highest BCUT2D eigenvalue weighted by Crippen LogP contribution is 2.37. The number of carbonyl (C=O) groups excluding carboxylic acids is 1. The van der Waals surface area contributed by atoms with Gasteiger partial charge in [-0.1, -0.05) is 12.1 Å². The molecule has 160 valence electrons. The molecule has 6 heteroatoms. The van der Waals surface area contributed by atoms with Crippen LogP contribution >= 0.6 is 0 Å². The third kappa shape index (κ3) is 4.59. The number of aromatic nitrogens is 1. The maximum Gasteiger partial charge on any atom is 0.257 e. The largest absolute Gasteiger partial charge is 0.493 e. The molecule has 1 unspecified atom stereocenters. The molecule has 1 aromatic heterocycles. The molecule has 4 rings (SSSR count). The number of likely N-dealkylation sites (tertiary alicyclic amines) is 1. The zero-order valence-corrected chi connectivity index (χ0v) is 17.8. The number of para-hydroxylation sites is 1. The molecule has 0 aliphatic carbocycles. The normalized spacial score (nSPS) is 20.7. The monoisotopic (exact) mass is 410 g/mol. The number of pyridine rings is 1. The number of carbonyl (C=O) groups is 1. The molecule has 2 aromatic rings. The van der Waals surface area contributed by atoms with Crippen molar-refractivity contribution in [2.45, 2.75) is 51.2 Å². The van der Waals surface area contributed by atoms with Gasteiger partial charge in [0.25, 0.3) is 5.91 Å². The van der Waals surface area contributed by atoms with Crippen LogP contribution in [0.2, 0.25) is 0 Å². The molecule has 1 atom stereocenters. The third-order valence-corrected chi connectivity index (χ3v) is 6.00. The van der Waals surface area contributed by atoms with E-state index in [1.807, 2.05) is 55.1 Å². The lowest BCUT2D eigenvalue weighted by atomic mass is 9.83. The summed E-state index contributed by atoms with van der Waals surface area (Å²) in [4.78, 5) is 19.3. The van der Waals surface area contributed by atoms with Crippen LogP contribution in [0.3, 0.4) is 0 Å². The summed E-state index contributed by atoms with van der Waals surface area (Å²) in [5, 5.41) is 0. The molecule has 2 saturated heterocycles. The fourth-order valence-electron chi connectivity index (χ4n) is 4.39. The van der Waals surface area contributed by atoms with Crippen LogP contribution in [0.5, 0.6) is 11.6 Å². The number of hydrogen-bond donors (Lipinski definition) is 0. The summed E-state index contributed by atoms with van der Waals surface area (Å²) in [5.41, 5.74) is 1.55. The number of ether oxygens (including phenoxy) is 3. The highest BCUT2D eigenvalue weighted by Gasteiger charge is 2.42. The molecule has 6 nitrogen and oxygen atoms in total. The van der Waals surface area contributed by atoms with Crippen molar-refractivity contribution in [1.29, 1.82) is 0 Å². The van der Waals surface area contributed by atoms with E-state index in [1.54, 1.807) is 6.20 Å². The molecule has 0 bridgehead atoms. The SMILES string of the molecule is CCOc1ccccc1C(=O)N1CCC2(CC1)CC(Oc1cc(C)ccn1)CCO2. The van der Waals surface area contributed by atoms with Crippen molar-refractivity contribution >= 4 is 5.91 Å². The zero-order valence-electron chi connectivity index (χ0n) is 17.8. The molecule has 0 N–H and O–H groups in total. The first-order valence-corrected chi connectivity index (χ1v) is 10.8. The first kappa shape index (κ1) is 20.7. The predicted octanol–water partition coefficient (Wildman–Crippen LogP) is 4.02. The number of benzene rings is 1. The molecular formula is C24H30N2O4. The second-order valence-corrected chi connectivity index (χ2v) is 8.16. The van der Waals surface area contributed by atoms with E-state index in [-0.39, 0.29) is 17.6 Å². The second kappa shape index (κ2) is 9.04. The number of hydrogen-bond acceptors (Lipinski definition) is 5. The minimum atomic E-state index is -0.219. The van der Waals surface area contributed by atoms with Gasteiger partial charge in [-0.3, -0.25) is 4.79 Å². The van der Waals surface area contributed by atoms with E-state index < -0.39 is 0 Å². The zero-order chi connectivity index (χ0) is 21.0. The Kier molecular flexibility index (Phi) is 6.23. The minimum Gasteiger partial charge on any atom is -0.493 e. The Balaban J connectivity index is 1.38. The number of rotatable bonds is 5. The van der Waals surface area contributed by atoms with Crippen molar-refractivity contribution in [3.8, 4) is 11.6 Å². The maximum atomic E-state index is 13.1. The Morgan fingerprint density at radius 2 is 2.07 bits per heavy atom. The van der Waals surface area contributed by atoms with E-state index in [4.69, 9.17) is 14.2 Å². The van der Waals surface area contributed by atoms with Crippen LogP contribution in [0, 0.1) is 6.92 Å². The van der Waals surface area contributed by atoms with Crippen LogP contribution in [-0.4, -0.2) is 53.8 Å². The van der Waals surface area contributed by atoms with Gasteiger partial charge in [-0.25, -0.2) is 4.98 Å². The summed E-state index contributed by atoms with van der Waals surface area (Å²) < 4.78 is 18.0. The average Bonchev–Trinajstić information content (AvgIpc) is 2.75. The topological polar surface area (TPSA) is 60.9 Å². The number of aryl methyl sites for hydroxylation is 1. The first-order chi connectivity index (χ1) is 14.6. The summed E-state index contributed by atoms with van der Waals surface area (Å²) in [6.45, 7) is 6.53. The molecule has 1 amide bonds. The van der Waals surface area contributed by atoms with Gasteiger partial charge in [-0.15, -0.1) is 0 Å². The molecule has 1 spiro atoms. The second-order valence-electron chi connectivity index (χ2n) is 8.16. The van der Waals surface area contributed by atoms with E-state index >= 15 is 0 Å². The van der Waals surface area contributed by atoms with Crippen molar-refractivity contribution in [2.75, 3.05) is 26.3 Å². The van der Waals surface area contributed by atoms with Crippen LogP contribution in [-0.2, 0) is 4.74 Å². The molecule has 30 heavy (non-hydrogen) atoms. The van der Waals surface area contributed by atoms with E-state index in [9.17, 15) is 4.79 Å². The molecule has 0 saturated carbocycles. The van der Waals surface area contributed by atoms with Crippen molar-refractivity contribution in [2.24, 2.45) is 0 Å². The first-order valence-electron chi connectivity index (χ1n) is 10.8. The van der Waals surface area contributed by atoms with Crippen LogP contribution in [0.4, 0.5) is 0 Å². The number of amides is 1. The standard InChI is InChI=1S/C24H30N2O4/c1-3-28-21-7-5-4-6-20(21)23(27)26-13-10-24(11-14-26)17-19(9-15-29-24)30-22-16-18(2)8-12-25-22/h4-8,12,16,19H,3,9-11,13-15,17H2,1-2H3. The van der Waals surface area contributed by atoms with E-state index in [2.05, 4.69) is 4.98 Å². The van der Waals surface area contributed by atoms with Gasteiger partial charge in [0.2, 0.25) is 5.88 Å². The lowest BCUT2D eigenvalue weighted by Gasteiger charge is -2.46. The Hall–Kier alpha value is -2.60. The van der Waals surface area contributed by atoms with Gasteiger partial charge in [0.05, 0.1) is 24.4 Å². The van der Waals surface area contributed by atoms with Gasteiger partial charge in [-0.05, 0) is 50.5 Å². The van der Waals surface area contributed by atoms with E-state index in [0.717, 1.165) is 31.2 Å². The van der Waals surface area contributed by atoms with Crippen LogP contribution in [0.15, 0.2) is 42.6 Å². The summed E-state index contributed by atoms with van der Waals surface area (Å²) >= 11 is 0.